The van der Waals surface area contributed by atoms with Crippen LogP contribution in [-0.4, -0.2) is 63.4 Å². The van der Waals surface area contributed by atoms with E-state index in [4.69, 9.17) is 5.73 Å². The normalized spacial score (nSPS) is 18.4. The quantitative estimate of drug-likeness (QED) is 0.272. The third kappa shape index (κ3) is 6.37. The second-order valence-corrected chi connectivity index (χ2v) is 6.40. The molecule has 1 saturated heterocycles. The number of carbonyl (C=O) groups excluding carboxylic acids is 3. The van der Waals surface area contributed by atoms with Crippen LogP contribution in [0.4, 0.5) is 0 Å². The number of aromatic amines is 1. The van der Waals surface area contributed by atoms with Gasteiger partial charge in [-0.1, -0.05) is 0 Å². The van der Waals surface area contributed by atoms with Crippen molar-refractivity contribution in [1.29, 1.82) is 0 Å². The lowest BCUT2D eigenvalue weighted by atomic mass is 10.1. The molecule has 1 fully saturated rings. The number of aromatic nitrogens is 2. The average Bonchev–Trinajstić information content (AvgIpc) is 3.30. The Morgan fingerprint density at radius 1 is 1.30 bits per heavy atom. The van der Waals surface area contributed by atoms with Crippen molar-refractivity contribution < 1.29 is 24.3 Å². The predicted octanol–water partition coefficient (Wildman–Crippen LogP) is -1.98. The molecule has 0 radical (unpaired) electrons. The molecule has 2 heterocycles. The highest BCUT2D eigenvalue weighted by Crippen LogP contribution is 2.07. The Kier molecular flexibility index (Phi) is 7.29. The first-order chi connectivity index (χ1) is 12.9. The number of carboxylic acid groups (broad SMARTS) is 1. The van der Waals surface area contributed by atoms with Crippen molar-refractivity contribution in [3.8, 4) is 0 Å². The van der Waals surface area contributed by atoms with Gasteiger partial charge in [-0.2, -0.15) is 0 Å². The molecule has 0 aliphatic carbocycles. The van der Waals surface area contributed by atoms with E-state index in [2.05, 4.69) is 25.9 Å². The molecular formula is C16H24N6O5. The minimum atomic E-state index is -1.28. The maximum absolute atomic E-state index is 12.6. The minimum absolute atomic E-state index is 0.118. The number of nitrogens with two attached hydrogens (primary N) is 1. The van der Waals surface area contributed by atoms with Crippen molar-refractivity contribution in [3.05, 3.63) is 18.2 Å². The molecule has 3 amide bonds. The lowest BCUT2D eigenvalue weighted by molar-refractivity contribution is -0.142. The van der Waals surface area contributed by atoms with Gasteiger partial charge in [-0.3, -0.25) is 14.4 Å². The summed E-state index contributed by atoms with van der Waals surface area (Å²) in [6.07, 6.45) is 4.29. The van der Waals surface area contributed by atoms with E-state index < -0.39 is 29.9 Å². The van der Waals surface area contributed by atoms with Crippen LogP contribution < -0.4 is 21.7 Å². The Bertz CT molecular complexity index is 671. The number of carbonyl (C=O) groups is 4. The van der Waals surface area contributed by atoms with Crippen LogP contribution >= 0.6 is 0 Å². The van der Waals surface area contributed by atoms with Gasteiger partial charge in [0.1, 0.15) is 12.1 Å². The molecule has 1 aliphatic heterocycles. The number of nitrogens with one attached hydrogen (secondary N) is 4. The number of hydrogen-bond donors (Lipinski definition) is 6. The summed E-state index contributed by atoms with van der Waals surface area (Å²) in [5.41, 5.74) is 5.65. The molecule has 27 heavy (non-hydrogen) atoms. The molecule has 0 aromatic carbocycles. The molecule has 0 spiro atoms. The van der Waals surface area contributed by atoms with Gasteiger partial charge in [0.2, 0.25) is 17.7 Å². The van der Waals surface area contributed by atoms with Crippen LogP contribution in [0.25, 0.3) is 0 Å². The molecule has 148 valence electrons. The van der Waals surface area contributed by atoms with E-state index in [9.17, 15) is 24.3 Å². The minimum Gasteiger partial charge on any atom is -0.480 e. The van der Waals surface area contributed by atoms with Crippen molar-refractivity contribution in [1.82, 2.24) is 25.9 Å². The fourth-order valence-corrected chi connectivity index (χ4v) is 2.82. The number of primary amides is 1. The Balaban J connectivity index is 2.05. The maximum atomic E-state index is 12.6. The number of carboxylic acids is 1. The van der Waals surface area contributed by atoms with Crippen LogP contribution in [0, 0.1) is 0 Å². The zero-order chi connectivity index (χ0) is 19.8. The van der Waals surface area contributed by atoms with Gasteiger partial charge in [0.15, 0.2) is 0 Å². The largest absolute Gasteiger partial charge is 0.480 e. The Hall–Kier alpha value is -2.95. The summed E-state index contributed by atoms with van der Waals surface area (Å²) >= 11 is 0. The number of amides is 3. The number of nitrogens with zero attached hydrogens (tertiary/aromatic N) is 1. The molecule has 0 unspecified atom stereocenters. The van der Waals surface area contributed by atoms with E-state index in [1.807, 2.05) is 0 Å². The van der Waals surface area contributed by atoms with Gasteiger partial charge in [0.05, 0.1) is 12.4 Å². The van der Waals surface area contributed by atoms with E-state index in [-0.39, 0.29) is 31.2 Å². The second-order valence-electron chi connectivity index (χ2n) is 6.40. The lowest BCUT2D eigenvalue weighted by Crippen LogP contribution is -2.55. The molecule has 1 aromatic rings. The SMILES string of the molecule is NC(=O)CC[C@H](NC(=O)[C@H](Cc1cnc[nH]1)NC(=O)[C@@H]1CCCN1)C(=O)O. The second kappa shape index (κ2) is 9.67. The Morgan fingerprint density at radius 3 is 2.63 bits per heavy atom. The maximum Gasteiger partial charge on any atom is 0.326 e. The van der Waals surface area contributed by atoms with Crippen LogP contribution in [0.5, 0.6) is 0 Å². The summed E-state index contributed by atoms with van der Waals surface area (Å²) in [4.78, 5) is 53.9. The van der Waals surface area contributed by atoms with Crippen molar-refractivity contribution >= 4 is 23.7 Å². The monoisotopic (exact) mass is 380 g/mol. The summed E-state index contributed by atoms with van der Waals surface area (Å²) < 4.78 is 0. The topological polar surface area (TPSA) is 179 Å². The van der Waals surface area contributed by atoms with Crippen LogP contribution in [0.1, 0.15) is 31.4 Å². The van der Waals surface area contributed by atoms with Gasteiger partial charge in [0, 0.05) is 24.7 Å². The van der Waals surface area contributed by atoms with Crippen LogP contribution in [0.3, 0.4) is 0 Å². The van der Waals surface area contributed by atoms with Gasteiger partial charge >= 0.3 is 5.97 Å². The van der Waals surface area contributed by atoms with E-state index in [1.165, 1.54) is 12.5 Å². The number of H-pyrrole nitrogens is 1. The molecule has 2 rings (SSSR count). The van der Waals surface area contributed by atoms with Gasteiger partial charge in [-0.15, -0.1) is 0 Å². The van der Waals surface area contributed by atoms with Gasteiger partial charge in [-0.05, 0) is 25.8 Å². The molecule has 3 atom stereocenters. The highest BCUT2D eigenvalue weighted by Gasteiger charge is 2.30. The predicted molar refractivity (Wildman–Crippen MR) is 93.2 cm³/mol. The molecule has 0 bridgehead atoms. The summed E-state index contributed by atoms with van der Waals surface area (Å²) in [7, 11) is 0. The zero-order valence-corrected chi connectivity index (χ0v) is 14.7. The van der Waals surface area contributed by atoms with Gasteiger partial charge < -0.3 is 31.8 Å². The van der Waals surface area contributed by atoms with E-state index >= 15 is 0 Å². The molecular weight excluding hydrogens is 356 g/mol. The van der Waals surface area contributed by atoms with Gasteiger partial charge in [-0.25, -0.2) is 9.78 Å². The van der Waals surface area contributed by atoms with E-state index in [1.54, 1.807) is 0 Å². The van der Waals surface area contributed by atoms with Crippen LogP contribution in [-0.2, 0) is 25.6 Å². The molecule has 1 aliphatic rings. The fraction of sp³-hybridized carbons (Fsp3) is 0.562. The highest BCUT2D eigenvalue weighted by atomic mass is 16.4. The van der Waals surface area contributed by atoms with Crippen molar-refractivity contribution in [2.24, 2.45) is 5.73 Å². The summed E-state index contributed by atoms with van der Waals surface area (Å²) in [6.45, 7) is 0.726. The van der Waals surface area contributed by atoms with Gasteiger partial charge in [0.25, 0.3) is 0 Å². The number of imidazole rings is 1. The third-order valence-corrected chi connectivity index (χ3v) is 4.28. The summed E-state index contributed by atoms with van der Waals surface area (Å²) in [6, 6.07) is -2.65. The lowest BCUT2D eigenvalue weighted by Gasteiger charge is -2.22. The Labute approximate surface area is 155 Å². The van der Waals surface area contributed by atoms with Crippen LogP contribution in [0.2, 0.25) is 0 Å². The standard InChI is InChI=1S/C16H24N6O5/c17-13(23)4-3-11(16(26)27)21-15(25)12(6-9-7-18-8-20-9)22-14(24)10-2-1-5-19-10/h7-8,10-12,19H,1-6H2,(H2,17,23)(H,18,20)(H,21,25)(H,22,24)(H,26,27)/t10-,11-,12-/m0/s1. The molecule has 1 aromatic heterocycles. The number of rotatable bonds is 10. The highest BCUT2D eigenvalue weighted by molar-refractivity contribution is 5.92. The fourth-order valence-electron chi connectivity index (χ4n) is 2.82. The molecule has 11 heteroatoms. The average molecular weight is 380 g/mol. The first-order valence-electron chi connectivity index (χ1n) is 8.69. The van der Waals surface area contributed by atoms with E-state index in [0.717, 1.165) is 13.0 Å². The first kappa shape index (κ1) is 20.4. The third-order valence-electron chi connectivity index (χ3n) is 4.28. The van der Waals surface area contributed by atoms with Crippen LogP contribution in [0.15, 0.2) is 12.5 Å². The number of aliphatic carboxylic acids is 1. The molecule has 11 nitrogen and oxygen atoms in total. The van der Waals surface area contributed by atoms with Crippen molar-refractivity contribution in [2.75, 3.05) is 6.54 Å². The molecule has 0 saturated carbocycles. The summed E-state index contributed by atoms with van der Waals surface area (Å²) in [5, 5.41) is 17.3. The number of hydrogen-bond acceptors (Lipinski definition) is 6. The first-order valence-corrected chi connectivity index (χ1v) is 8.69. The smallest absolute Gasteiger partial charge is 0.326 e. The summed E-state index contributed by atoms with van der Waals surface area (Å²) in [5.74, 6) is -2.93. The van der Waals surface area contributed by atoms with Crippen molar-refractivity contribution in [3.63, 3.8) is 0 Å². The van der Waals surface area contributed by atoms with E-state index in [0.29, 0.717) is 12.1 Å². The molecule has 7 N–H and O–H groups in total. The van der Waals surface area contributed by atoms with Crippen molar-refractivity contribution in [2.45, 2.75) is 50.2 Å². The zero-order valence-electron chi connectivity index (χ0n) is 14.7. The Morgan fingerprint density at radius 2 is 2.07 bits per heavy atom.